The SMILES string of the molecule is CN(C)S(=O)(=O)c1cc([N+](=O)[O-])c([S+](C)[O-])s1. The van der Waals surface area contributed by atoms with E-state index in [9.17, 15) is 23.1 Å². The molecule has 1 unspecified atom stereocenters. The Bertz CT molecular complexity index is 534. The molecule has 0 spiro atoms. The summed E-state index contributed by atoms with van der Waals surface area (Å²) in [7, 11) is -1.09. The predicted molar refractivity (Wildman–Crippen MR) is 64.2 cm³/mol. The van der Waals surface area contributed by atoms with Crippen LogP contribution in [0.3, 0.4) is 0 Å². The molecule has 0 radical (unpaired) electrons. The molecule has 1 heterocycles. The van der Waals surface area contributed by atoms with Crippen LogP contribution in [0.25, 0.3) is 0 Å². The van der Waals surface area contributed by atoms with E-state index in [4.69, 9.17) is 0 Å². The lowest BCUT2D eigenvalue weighted by Gasteiger charge is -2.07. The smallest absolute Gasteiger partial charge is 0.336 e. The van der Waals surface area contributed by atoms with E-state index in [2.05, 4.69) is 0 Å². The molecule has 17 heavy (non-hydrogen) atoms. The predicted octanol–water partition coefficient (Wildman–Crippen LogP) is 0.644. The molecule has 7 nitrogen and oxygen atoms in total. The summed E-state index contributed by atoms with van der Waals surface area (Å²) in [6, 6.07) is 0.941. The van der Waals surface area contributed by atoms with E-state index >= 15 is 0 Å². The van der Waals surface area contributed by atoms with Gasteiger partial charge < -0.3 is 4.55 Å². The van der Waals surface area contributed by atoms with Gasteiger partial charge in [0.2, 0.25) is 0 Å². The van der Waals surface area contributed by atoms with Gasteiger partial charge in [-0.25, -0.2) is 12.7 Å². The normalized spacial score (nSPS) is 13.9. The Morgan fingerprint density at radius 2 is 2.00 bits per heavy atom. The average molecular weight is 298 g/mol. The highest BCUT2D eigenvalue weighted by Gasteiger charge is 2.32. The third kappa shape index (κ3) is 2.77. The minimum Gasteiger partial charge on any atom is -0.611 e. The first-order valence-corrected chi connectivity index (χ1v) is 8.03. The van der Waals surface area contributed by atoms with Crippen molar-refractivity contribution < 1.29 is 17.9 Å². The zero-order chi connectivity index (χ0) is 13.4. The molecule has 0 aliphatic carbocycles. The van der Waals surface area contributed by atoms with Crippen LogP contribution in [0.5, 0.6) is 0 Å². The zero-order valence-corrected chi connectivity index (χ0v) is 11.7. The first-order chi connectivity index (χ1) is 7.67. The molecule has 1 atom stereocenters. The average Bonchev–Trinajstić information content (AvgIpc) is 2.61. The van der Waals surface area contributed by atoms with Gasteiger partial charge in [0.25, 0.3) is 14.2 Å². The zero-order valence-electron chi connectivity index (χ0n) is 9.24. The lowest BCUT2D eigenvalue weighted by Crippen LogP contribution is -2.21. The molecular formula is C7H10N2O5S3. The number of hydrogen-bond donors (Lipinski definition) is 0. The Balaban J connectivity index is 3.41. The highest BCUT2D eigenvalue weighted by atomic mass is 32.3. The van der Waals surface area contributed by atoms with Crippen LogP contribution in [0.1, 0.15) is 0 Å². The van der Waals surface area contributed by atoms with Gasteiger partial charge in [-0.2, -0.15) is 0 Å². The van der Waals surface area contributed by atoms with E-state index in [1.807, 2.05) is 0 Å². The van der Waals surface area contributed by atoms with Crippen molar-refractivity contribution in [1.82, 2.24) is 4.31 Å². The van der Waals surface area contributed by atoms with Gasteiger partial charge in [0, 0.05) is 14.1 Å². The maximum absolute atomic E-state index is 11.8. The molecule has 1 aromatic rings. The van der Waals surface area contributed by atoms with E-state index in [0.29, 0.717) is 11.3 Å². The highest BCUT2D eigenvalue weighted by Crippen LogP contribution is 2.36. The summed E-state index contributed by atoms with van der Waals surface area (Å²) in [4.78, 5) is 9.97. The summed E-state index contributed by atoms with van der Waals surface area (Å²) in [6.07, 6.45) is 1.27. The molecule has 10 heteroatoms. The number of rotatable bonds is 4. The molecule has 0 aromatic carbocycles. The van der Waals surface area contributed by atoms with Gasteiger partial charge in [-0.3, -0.25) is 10.1 Å². The summed E-state index contributed by atoms with van der Waals surface area (Å²) in [5.74, 6) is 0. The molecule has 96 valence electrons. The van der Waals surface area contributed by atoms with Gasteiger partial charge >= 0.3 is 5.69 Å². The molecule has 1 rings (SSSR count). The van der Waals surface area contributed by atoms with Crippen LogP contribution in [0.15, 0.2) is 14.5 Å². The van der Waals surface area contributed by atoms with E-state index in [1.165, 1.54) is 20.4 Å². The standard InChI is InChI=1S/C7H10N2O5S3/c1-8(2)17(13,14)6-4-5(9(10)11)7(15-6)16(3)12/h4H,1-3H3. The Kier molecular flexibility index (Phi) is 4.15. The number of thiophene rings is 1. The Morgan fingerprint density at radius 1 is 1.47 bits per heavy atom. The van der Waals surface area contributed by atoms with Crippen LogP contribution in [-0.4, -0.2) is 42.6 Å². The second-order valence-electron chi connectivity index (χ2n) is 3.24. The molecule has 0 saturated heterocycles. The fourth-order valence-corrected chi connectivity index (χ4v) is 4.64. The molecule has 0 amide bonds. The van der Waals surface area contributed by atoms with Gasteiger partial charge in [-0.05, 0) is 11.2 Å². The second kappa shape index (κ2) is 4.90. The van der Waals surface area contributed by atoms with E-state index in [-0.39, 0.29) is 8.42 Å². The van der Waals surface area contributed by atoms with Crippen molar-refractivity contribution in [3.8, 4) is 0 Å². The number of nitro groups is 1. The fourth-order valence-electron chi connectivity index (χ4n) is 0.984. The maximum atomic E-state index is 11.8. The van der Waals surface area contributed by atoms with Crippen LogP contribution in [0.2, 0.25) is 0 Å². The fraction of sp³-hybridized carbons (Fsp3) is 0.429. The quantitative estimate of drug-likeness (QED) is 0.461. The van der Waals surface area contributed by atoms with Crippen LogP contribution < -0.4 is 0 Å². The summed E-state index contributed by atoms with van der Waals surface area (Å²) >= 11 is -0.935. The number of nitrogens with zero attached hydrogens (tertiary/aromatic N) is 2. The van der Waals surface area contributed by atoms with Crippen LogP contribution in [0.4, 0.5) is 5.69 Å². The molecule has 0 N–H and O–H groups in total. The molecule has 0 aliphatic rings. The van der Waals surface area contributed by atoms with Crippen molar-refractivity contribution in [1.29, 1.82) is 0 Å². The highest BCUT2D eigenvalue weighted by molar-refractivity contribution is 7.94. The molecule has 0 fully saturated rings. The third-order valence-corrected chi connectivity index (χ3v) is 6.72. The van der Waals surface area contributed by atoms with Crippen molar-refractivity contribution in [2.24, 2.45) is 0 Å². The summed E-state index contributed by atoms with van der Waals surface area (Å²) in [5.41, 5.74) is -0.420. The number of sulfonamides is 1. The van der Waals surface area contributed by atoms with Crippen LogP contribution in [0, 0.1) is 10.1 Å². The van der Waals surface area contributed by atoms with E-state index in [0.717, 1.165) is 10.4 Å². The van der Waals surface area contributed by atoms with Crippen LogP contribution >= 0.6 is 11.3 Å². The van der Waals surface area contributed by atoms with Crippen molar-refractivity contribution in [3.63, 3.8) is 0 Å². The van der Waals surface area contributed by atoms with Crippen LogP contribution in [-0.2, 0) is 21.2 Å². The number of hydrogen-bond acceptors (Lipinski definition) is 6. The second-order valence-corrected chi connectivity index (χ2v) is 8.24. The van der Waals surface area contributed by atoms with Crippen molar-refractivity contribution in [2.45, 2.75) is 8.42 Å². The summed E-state index contributed by atoms with van der Waals surface area (Å²) in [6.45, 7) is 0. The first kappa shape index (κ1) is 14.4. The molecule has 0 aliphatic heterocycles. The molecular weight excluding hydrogens is 288 g/mol. The van der Waals surface area contributed by atoms with Crippen molar-refractivity contribution in [2.75, 3.05) is 20.4 Å². The topological polar surface area (TPSA) is 104 Å². The van der Waals surface area contributed by atoms with Gasteiger partial charge in [-0.1, -0.05) is 11.3 Å². The molecule has 0 saturated carbocycles. The monoisotopic (exact) mass is 298 g/mol. The van der Waals surface area contributed by atoms with E-state index < -0.39 is 31.8 Å². The van der Waals surface area contributed by atoms with Gasteiger partial charge in [-0.15, -0.1) is 0 Å². The van der Waals surface area contributed by atoms with Crippen molar-refractivity contribution in [3.05, 3.63) is 16.2 Å². The maximum Gasteiger partial charge on any atom is 0.336 e. The Labute approximate surface area is 105 Å². The molecule has 1 aromatic heterocycles. The third-order valence-electron chi connectivity index (χ3n) is 1.85. The Morgan fingerprint density at radius 3 is 2.29 bits per heavy atom. The van der Waals surface area contributed by atoms with Gasteiger partial charge in [0.1, 0.15) is 10.5 Å². The summed E-state index contributed by atoms with van der Waals surface area (Å²) < 4.78 is 35.5. The molecule has 0 bridgehead atoms. The van der Waals surface area contributed by atoms with Gasteiger partial charge in [0.05, 0.1) is 11.0 Å². The first-order valence-electron chi connectivity index (χ1n) is 4.22. The minimum absolute atomic E-state index is 0.0459. The minimum atomic E-state index is -3.73. The van der Waals surface area contributed by atoms with Gasteiger partial charge in [0.15, 0.2) is 0 Å². The Hall–Kier alpha value is -0.680. The summed E-state index contributed by atoms with van der Waals surface area (Å²) in [5, 5.41) is 10.7. The van der Waals surface area contributed by atoms with Crippen molar-refractivity contribution >= 4 is 38.2 Å². The largest absolute Gasteiger partial charge is 0.611 e. The lowest BCUT2D eigenvalue weighted by molar-refractivity contribution is -0.387. The van der Waals surface area contributed by atoms with E-state index in [1.54, 1.807) is 0 Å². The lowest BCUT2D eigenvalue weighted by atomic mass is 10.6.